The summed E-state index contributed by atoms with van der Waals surface area (Å²) >= 11 is 1.28. The van der Waals surface area contributed by atoms with E-state index in [1.165, 1.54) is 11.3 Å². The van der Waals surface area contributed by atoms with Crippen molar-refractivity contribution in [2.75, 3.05) is 13.4 Å². The lowest BCUT2D eigenvalue weighted by molar-refractivity contribution is -0.139. The molecule has 162 valence electrons. The Kier molecular flexibility index (Phi) is 5.10. The third-order valence-electron chi connectivity index (χ3n) is 5.23. The third-order valence-corrected chi connectivity index (χ3v) is 6.22. The molecule has 0 aliphatic carbocycles. The highest BCUT2D eigenvalue weighted by atomic mass is 32.1. The molecular weight excluding hydrogens is 430 g/mol. The fraction of sp³-hybridized carbons (Fsp3) is 0.217. The molecule has 2 aromatic heterocycles. The molecule has 0 N–H and O–H groups in total. The van der Waals surface area contributed by atoms with Gasteiger partial charge in [0.15, 0.2) is 16.3 Å². The number of carbonyl (C=O) groups is 1. The van der Waals surface area contributed by atoms with Gasteiger partial charge in [-0.3, -0.25) is 14.3 Å². The van der Waals surface area contributed by atoms with Crippen molar-refractivity contribution in [3.05, 3.63) is 84.8 Å². The number of hydrogen-bond acceptors (Lipinski definition) is 8. The first-order chi connectivity index (χ1) is 15.6. The number of nitrogens with zero attached hydrogens (tertiary/aromatic N) is 3. The van der Waals surface area contributed by atoms with Crippen LogP contribution in [0.5, 0.6) is 11.5 Å². The summed E-state index contributed by atoms with van der Waals surface area (Å²) in [6.45, 7) is 3.85. The third kappa shape index (κ3) is 3.40. The summed E-state index contributed by atoms with van der Waals surface area (Å²) in [7, 11) is 0. The Bertz CT molecular complexity index is 1420. The van der Waals surface area contributed by atoms with E-state index < -0.39 is 12.0 Å². The van der Waals surface area contributed by atoms with Crippen LogP contribution >= 0.6 is 11.3 Å². The van der Waals surface area contributed by atoms with Crippen molar-refractivity contribution in [1.29, 1.82) is 0 Å². The number of thiazole rings is 1. The lowest BCUT2D eigenvalue weighted by Gasteiger charge is -2.24. The van der Waals surface area contributed by atoms with Gasteiger partial charge in [-0.05, 0) is 55.3 Å². The molecule has 9 heteroatoms. The highest BCUT2D eigenvalue weighted by molar-refractivity contribution is 7.07. The van der Waals surface area contributed by atoms with Crippen LogP contribution in [0.15, 0.2) is 63.8 Å². The first-order valence-corrected chi connectivity index (χ1v) is 10.9. The SMILES string of the molecule is CCOC(=O)C1=C(C)N=c2s/c(=C\c3ccncc3)c(=O)n2[C@@H]1c1ccc2c(c1)OCO2. The molecular formula is C23H19N3O5S. The largest absolute Gasteiger partial charge is 0.463 e. The van der Waals surface area contributed by atoms with Gasteiger partial charge in [-0.2, -0.15) is 0 Å². The number of rotatable bonds is 4. The minimum Gasteiger partial charge on any atom is -0.463 e. The highest BCUT2D eigenvalue weighted by Crippen LogP contribution is 2.38. The van der Waals surface area contributed by atoms with Crippen LogP contribution in [-0.2, 0) is 9.53 Å². The van der Waals surface area contributed by atoms with E-state index in [9.17, 15) is 9.59 Å². The van der Waals surface area contributed by atoms with Gasteiger partial charge >= 0.3 is 5.97 Å². The van der Waals surface area contributed by atoms with Crippen molar-refractivity contribution in [2.24, 2.45) is 4.99 Å². The smallest absolute Gasteiger partial charge is 0.338 e. The number of benzene rings is 1. The lowest BCUT2D eigenvalue weighted by atomic mass is 9.95. The molecule has 1 aromatic carbocycles. The zero-order valence-corrected chi connectivity index (χ0v) is 18.2. The fourth-order valence-corrected chi connectivity index (χ4v) is 4.85. The van der Waals surface area contributed by atoms with E-state index in [1.54, 1.807) is 49.0 Å². The number of pyridine rings is 1. The standard InChI is InChI=1S/C23H19N3O5S/c1-3-29-22(28)19-13(2)25-23-26(20(19)15-4-5-16-17(11-15)31-12-30-16)21(27)18(32-23)10-14-6-8-24-9-7-14/h4-11,20H,3,12H2,1-2H3/b18-10-/t20-/m1/s1. The van der Waals surface area contributed by atoms with Crippen LogP contribution in [0.1, 0.15) is 31.0 Å². The molecule has 0 spiro atoms. The van der Waals surface area contributed by atoms with Crippen LogP contribution in [-0.4, -0.2) is 28.9 Å². The Morgan fingerprint density at radius 2 is 2.03 bits per heavy atom. The van der Waals surface area contributed by atoms with Crippen LogP contribution in [0.3, 0.4) is 0 Å². The molecule has 5 rings (SSSR count). The van der Waals surface area contributed by atoms with E-state index in [0.29, 0.717) is 37.7 Å². The average Bonchev–Trinajstić information content (AvgIpc) is 3.37. The van der Waals surface area contributed by atoms with Crippen LogP contribution in [0.2, 0.25) is 0 Å². The minimum atomic E-state index is -0.695. The van der Waals surface area contributed by atoms with Crippen LogP contribution in [0.25, 0.3) is 6.08 Å². The number of hydrogen-bond donors (Lipinski definition) is 0. The second-order valence-electron chi connectivity index (χ2n) is 7.20. The van der Waals surface area contributed by atoms with Gasteiger partial charge in [0.2, 0.25) is 6.79 Å². The minimum absolute atomic E-state index is 0.132. The van der Waals surface area contributed by atoms with Gasteiger partial charge in [0.1, 0.15) is 0 Å². The monoisotopic (exact) mass is 449 g/mol. The molecule has 0 saturated heterocycles. The first-order valence-electron chi connectivity index (χ1n) is 10.1. The van der Waals surface area contributed by atoms with Crippen molar-refractivity contribution >= 4 is 23.4 Å². The molecule has 3 aromatic rings. The normalized spacial score (nSPS) is 17.2. The van der Waals surface area contributed by atoms with E-state index in [2.05, 4.69) is 9.98 Å². The first kappa shape index (κ1) is 20.2. The Labute approximate surface area is 186 Å². The second-order valence-corrected chi connectivity index (χ2v) is 8.20. The lowest BCUT2D eigenvalue weighted by Crippen LogP contribution is -2.39. The van der Waals surface area contributed by atoms with Crippen LogP contribution < -0.4 is 24.4 Å². The van der Waals surface area contributed by atoms with Gasteiger partial charge in [0, 0.05) is 12.4 Å². The van der Waals surface area contributed by atoms with E-state index >= 15 is 0 Å². The number of fused-ring (bicyclic) bond motifs is 2. The molecule has 2 aliphatic rings. The number of ether oxygens (including phenoxy) is 3. The number of allylic oxidation sites excluding steroid dienone is 1. The van der Waals surface area contributed by atoms with E-state index in [4.69, 9.17) is 14.2 Å². The molecule has 4 heterocycles. The Balaban J connectivity index is 1.73. The maximum Gasteiger partial charge on any atom is 0.338 e. The number of aromatic nitrogens is 2. The summed E-state index contributed by atoms with van der Waals surface area (Å²) in [4.78, 5) is 35.5. The van der Waals surface area contributed by atoms with Crippen molar-refractivity contribution < 1.29 is 19.0 Å². The molecule has 2 aliphatic heterocycles. The summed E-state index contributed by atoms with van der Waals surface area (Å²) < 4.78 is 18.3. The summed E-state index contributed by atoms with van der Waals surface area (Å²) in [5, 5.41) is 0. The molecule has 0 saturated carbocycles. The molecule has 1 atom stereocenters. The van der Waals surface area contributed by atoms with Crippen LogP contribution in [0.4, 0.5) is 0 Å². The van der Waals surface area contributed by atoms with Gasteiger partial charge in [0.05, 0.1) is 28.5 Å². The Morgan fingerprint density at radius 3 is 2.81 bits per heavy atom. The van der Waals surface area contributed by atoms with E-state index in [0.717, 1.165) is 5.56 Å². The van der Waals surface area contributed by atoms with Crippen molar-refractivity contribution in [3.8, 4) is 11.5 Å². The Morgan fingerprint density at radius 1 is 1.25 bits per heavy atom. The van der Waals surface area contributed by atoms with Gasteiger partial charge in [-0.1, -0.05) is 17.4 Å². The van der Waals surface area contributed by atoms with E-state index in [-0.39, 0.29) is 19.0 Å². The zero-order chi connectivity index (χ0) is 22.2. The molecule has 0 amide bonds. The molecule has 8 nitrogen and oxygen atoms in total. The number of esters is 1. The second kappa shape index (κ2) is 8.08. The van der Waals surface area contributed by atoms with Gasteiger partial charge in [-0.15, -0.1) is 0 Å². The zero-order valence-electron chi connectivity index (χ0n) is 17.4. The summed E-state index contributed by atoms with van der Waals surface area (Å²) in [6, 6.07) is 8.36. The number of carbonyl (C=O) groups excluding carboxylic acids is 1. The van der Waals surface area contributed by atoms with Gasteiger partial charge in [0.25, 0.3) is 5.56 Å². The predicted octanol–water partition coefficient (Wildman–Crippen LogP) is 1.92. The molecule has 0 bridgehead atoms. The van der Waals surface area contributed by atoms with Crippen LogP contribution in [0, 0.1) is 0 Å². The van der Waals surface area contributed by atoms with Crippen molar-refractivity contribution in [3.63, 3.8) is 0 Å². The fourth-order valence-electron chi connectivity index (χ4n) is 3.80. The molecule has 0 unspecified atom stereocenters. The quantitative estimate of drug-likeness (QED) is 0.565. The highest BCUT2D eigenvalue weighted by Gasteiger charge is 2.34. The molecule has 32 heavy (non-hydrogen) atoms. The summed E-state index contributed by atoms with van der Waals surface area (Å²) in [5.41, 5.74) is 2.17. The predicted molar refractivity (Wildman–Crippen MR) is 117 cm³/mol. The van der Waals surface area contributed by atoms with Gasteiger partial charge < -0.3 is 14.2 Å². The molecule has 0 fully saturated rings. The maximum atomic E-state index is 13.5. The van der Waals surface area contributed by atoms with E-state index in [1.807, 2.05) is 18.2 Å². The maximum absolute atomic E-state index is 13.5. The van der Waals surface area contributed by atoms with Crippen molar-refractivity contribution in [1.82, 2.24) is 9.55 Å². The average molecular weight is 449 g/mol. The summed E-state index contributed by atoms with van der Waals surface area (Å²) in [6.07, 6.45) is 5.13. The Hall–Kier alpha value is -3.72. The topological polar surface area (TPSA) is 92.0 Å². The van der Waals surface area contributed by atoms with Crippen molar-refractivity contribution in [2.45, 2.75) is 19.9 Å². The molecule has 0 radical (unpaired) electrons. The van der Waals surface area contributed by atoms with Gasteiger partial charge in [-0.25, -0.2) is 9.79 Å². The summed E-state index contributed by atoms with van der Waals surface area (Å²) in [5.74, 6) is 0.691.